The predicted molar refractivity (Wildman–Crippen MR) is 102 cm³/mol. The van der Waals surface area contributed by atoms with Crippen molar-refractivity contribution >= 4 is 17.2 Å². The highest BCUT2D eigenvalue weighted by Gasteiger charge is 2.24. The van der Waals surface area contributed by atoms with Gasteiger partial charge in [-0.25, -0.2) is 4.98 Å². The lowest BCUT2D eigenvalue weighted by Crippen LogP contribution is -2.30. The van der Waals surface area contributed by atoms with Crippen molar-refractivity contribution in [1.82, 2.24) is 9.88 Å². The van der Waals surface area contributed by atoms with Crippen molar-refractivity contribution in [2.45, 2.75) is 40.2 Å². The summed E-state index contributed by atoms with van der Waals surface area (Å²) in [5, 5.41) is 1.02. The highest BCUT2D eigenvalue weighted by atomic mass is 32.1. The number of ether oxygens (including phenoxy) is 1. The molecular formula is C19H27N3O2S. The molecular weight excluding hydrogens is 334 g/mol. The molecule has 2 aromatic rings. The molecule has 0 spiro atoms. The summed E-state index contributed by atoms with van der Waals surface area (Å²) in [6.45, 7) is 9.08. The number of rotatable bonds is 7. The van der Waals surface area contributed by atoms with E-state index < -0.39 is 0 Å². The minimum atomic E-state index is -0.101. The molecule has 6 heteroatoms. The predicted octanol–water partition coefficient (Wildman–Crippen LogP) is 3.63. The molecule has 0 bridgehead atoms. The largest absolute Gasteiger partial charge is 0.493 e. The number of hydrogen-bond donors (Lipinski definition) is 1. The molecule has 2 N–H and O–H groups in total. The highest BCUT2D eigenvalue weighted by Crippen LogP contribution is 2.29. The van der Waals surface area contributed by atoms with E-state index in [-0.39, 0.29) is 11.9 Å². The van der Waals surface area contributed by atoms with Crippen LogP contribution in [-0.2, 0) is 0 Å². The Bertz CT molecular complexity index is 742. The first-order valence-electron chi connectivity index (χ1n) is 8.49. The third-order valence-electron chi connectivity index (χ3n) is 4.21. The molecule has 1 atom stereocenters. The molecule has 25 heavy (non-hydrogen) atoms. The third kappa shape index (κ3) is 4.58. The number of aromatic nitrogens is 1. The number of carbonyl (C=O) groups is 1. The van der Waals surface area contributed by atoms with Gasteiger partial charge < -0.3 is 15.4 Å². The van der Waals surface area contributed by atoms with Crippen molar-refractivity contribution in [3.8, 4) is 5.75 Å². The standard InChI is InChI=1S/C19H27N3O2S/c1-12-7-8-16(17(11-12)24-10-6-9-20)19(23)22(5)13(2)18-14(3)25-15(4)21-18/h7-8,11,13H,6,9-10,20H2,1-5H3/t13-/m0/s1. The Labute approximate surface area is 153 Å². The average molecular weight is 362 g/mol. The molecule has 0 fully saturated rings. The van der Waals surface area contributed by atoms with Gasteiger partial charge in [-0.15, -0.1) is 11.3 Å². The van der Waals surface area contributed by atoms with E-state index in [1.807, 2.05) is 52.9 Å². The number of nitrogens with two attached hydrogens (primary N) is 1. The summed E-state index contributed by atoms with van der Waals surface area (Å²) in [7, 11) is 1.81. The van der Waals surface area contributed by atoms with Crippen LogP contribution in [0.25, 0.3) is 0 Å². The number of amides is 1. The van der Waals surface area contributed by atoms with E-state index in [2.05, 4.69) is 4.98 Å². The third-order valence-corrected chi connectivity index (χ3v) is 5.11. The number of hydrogen-bond acceptors (Lipinski definition) is 5. The van der Waals surface area contributed by atoms with Gasteiger partial charge in [-0.05, 0) is 58.4 Å². The number of thiazole rings is 1. The zero-order valence-electron chi connectivity index (χ0n) is 15.6. The smallest absolute Gasteiger partial charge is 0.257 e. The number of carbonyl (C=O) groups excluding carboxylic acids is 1. The van der Waals surface area contributed by atoms with Crippen LogP contribution in [0.5, 0.6) is 5.75 Å². The summed E-state index contributed by atoms with van der Waals surface area (Å²) in [6, 6.07) is 5.56. The van der Waals surface area contributed by atoms with Crippen molar-refractivity contribution in [2.24, 2.45) is 5.73 Å². The van der Waals surface area contributed by atoms with Crippen molar-refractivity contribution in [1.29, 1.82) is 0 Å². The topological polar surface area (TPSA) is 68.5 Å². The molecule has 0 unspecified atom stereocenters. The van der Waals surface area contributed by atoms with Crippen LogP contribution >= 0.6 is 11.3 Å². The van der Waals surface area contributed by atoms with Crippen LogP contribution in [0.2, 0.25) is 0 Å². The number of benzene rings is 1. The Balaban J connectivity index is 2.25. The van der Waals surface area contributed by atoms with Gasteiger partial charge in [-0.2, -0.15) is 0 Å². The van der Waals surface area contributed by atoms with Crippen LogP contribution < -0.4 is 10.5 Å². The van der Waals surface area contributed by atoms with Gasteiger partial charge in [0.25, 0.3) is 5.91 Å². The van der Waals surface area contributed by atoms with Crippen molar-refractivity contribution in [3.63, 3.8) is 0 Å². The Morgan fingerprint density at radius 3 is 2.68 bits per heavy atom. The Kier molecular flexibility index (Phi) is 6.56. The summed E-state index contributed by atoms with van der Waals surface area (Å²) in [6.07, 6.45) is 0.755. The monoisotopic (exact) mass is 361 g/mol. The van der Waals surface area contributed by atoms with Crippen LogP contribution in [0.1, 0.15) is 50.9 Å². The molecule has 1 aromatic heterocycles. The fourth-order valence-electron chi connectivity index (χ4n) is 2.67. The first kappa shape index (κ1) is 19.4. The average Bonchev–Trinajstić information content (AvgIpc) is 2.91. The van der Waals surface area contributed by atoms with Crippen molar-refractivity contribution in [2.75, 3.05) is 20.2 Å². The second kappa shape index (κ2) is 8.45. The van der Waals surface area contributed by atoms with E-state index in [4.69, 9.17) is 10.5 Å². The zero-order chi connectivity index (χ0) is 18.6. The normalized spacial score (nSPS) is 12.1. The van der Waals surface area contributed by atoms with Crippen LogP contribution in [-0.4, -0.2) is 36.0 Å². The molecule has 0 aliphatic carbocycles. The lowest BCUT2D eigenvalue weighted by molar-refractivity contribution is 0.0735. The minimum Gasteiger partial charge on any atom is -0.493 e. The first-order valence-corrected chi connectivity index (χ1v) is 9.31. The van der Waals surface area contributed by atoms with Gasteiger partial charge in [-0.1, -0.05) is 6.07 Å². The summed E-state index contributed by atoms with van der Waals surface area (Å²) in [4.78, 5) is 20.5. The van der Waals surface area contributed by atoms with E-state index in [9.17, 15) is 4.79 Å². The van der Waals surface area contributed by atoms with Gasteiger partial charge in [0.15, 0.2) is 0 Å². The molecule has 0 aliphatic heterocycles. The van der Waals surface area contributed by atoms with Gasteiger partial charge in [0.2, 0.25) is 0 Å². The molecule has 0 saturated heterocycles. The molecule has 5 nitrogen and oxygen atoms in total. The minimum absolute atomic E-state index is 0.0692. The summed E-state index contributed by atoms with van der Waals surface area (Å²) < 4.78 is 5.80. The molecule has 1 aromatic carbocycles. The van der Waals surface area contributed by atoms with E-state index in [0.717, 1.165) is 27.6 Å². The molecule has 1 amide bonds. The molecule has 136 valence electrons. The highest BCUT2D eigenvalue weighted by molar-refractivity contribution is 7.11. The van der Waals surface area contributed by atoms with E-state index >= 15 is 0 Å². The maximum atomic E-state index is 13.0. The van der Waals surface area contributed by atoms with Gasteiger partial charge in [0.1, 0.15) is 5.75 Å². The Hall–Kier alpha value is -1.92. The van der Waals surface area contributed by atoms with E-state index in [0.29, 0.717) is 24.5 Å². The second-order valence-electron chi connectivity index (χ2n) is 6.26. The maximum Gasteiger partial charge on any atom is 0.257 e. The molecule has 1 heterocycles. The van der Waals surface area contributed by atoms with Crippen LogP contribution in [0, 0.1) is 20.8 Å². The first-order chi connectivity index (χ1) is 11.8. The zero-order valence-corrected chi connectivity index (χ0v) is 16.4. The van der Waals surface area contributed by atoms with Gasteiger partial charge in [0, 0.05) is 11.9 Å². The maximum absolute atomic E-state index is 13.0. The Morgan fingerprint density at radius 1 is 1.36 bits per heavy atom. The molecule has 0 aliphatic rings. The summed E-state index contributed by atoms with van der Waals surface area (Å²) >= 11 is 1.66. The number of aryl methyl sites for hydroxylation is 3. The van der Waals surface area contributed by atoms with Crippen LogP contribution in [0.4, 0.5) is 0 Å². The quantitative estimate of drug-likeness (QED) is 0.765. The lowest BCUT2D eigenvalue weighted by atomic mass is 10.1. The number of nitrogens with zero attached hydrogens (tertiary/aromatic N) is 2. The van der Waals surface area contributed by atoms with Gasteiger partial charge >= 0.3 is 0 Å². The van der Waals surface area contributed by atoms with Crippen molar-refractivity contribution in [3.05, 3.63) is 44.9 Å². The van der Waals surface area contributed by atoms with E-state index in [1.54, 1.807) is 16.2 Å². The lowest BCUT2D eigenvalue weighted by Gasteiger charge is -2.25. The van der Waals surface area contributed by atoms with Gasteiger partial charge in [-0.3, -0.25) is 4.79 Å². The second-order valence-corrected chi connectivity index (χ2v) is 7.66. The van der Waals surface area contributed by atoms with Crippen molar-refractivity contribution < 1.29 is 9.53 Å². The van der Waals surface area contributed by atoms with Crippen LogP contribution in [0.15, 0.2) is 18.2 Å². The SMILES string of the molecule is Cc1ccc(C(=O)N(C)[C@@H](C)c2nc(C)sc2C)c(OCCCN)c1. The fraction of sp³-hybridized carbons (Fsp3) is 0.474. The molecule has 0 saturated carbocycles. The summed E-state index contributed by atoms with van der Waals surface area (Å²) in [5.74, 6) is 0.545. The molecule has 0 radical (unpaired) electrons. The van der Waals surface area contributed by atoms with Gasteiger partial charge in [0.05, 0.1) is 28.9 Å². The fourth-order valence-corrected chi connectivity index (χ4v) is 3.58. The molecule has 2 rings (SSSR count). The van der Waals surface area contributed by atoms with E-state index in [1.165, 1.54) is 0 Å². The Morgan fingerprint density at radius 2 is 2.08 bits per heavy atom. The summed E-state index contributed by atoms with van der Waals surface area (Å²) in [5.41, 5.74) is 8.11. The van der Waals surface area contributed by atoms with Crippen LogP contribution in [0.3, 0.4) is 0 Å².